The molecule has 0 aliphatic heterocycles. The smallest absolute Gasteiger partial charge is 0.191 e. The molecule has 1 aromatic carbocycles. The maximum atomic E-state index is 13.0. The molecule has 0 saturated heterocycles. The summed E-state index contributed by atoms with van der Waals surface area (Å²) in [5, 5.41) is 0. The van der Waals surface area contributed by atoms with Gasteiger partial charge in [0.15, 0.2) is 8.32 Å². The van der Waals surface area contributed by atoms with E-state index in [0.717, 1.165) is 18.4 Å². The highest BCUT2D eigenvalue weighted by atomic mass is 28.4. The highest BCUT2D eigenvalue weighted by Gasteiger charge is 2.28. The first-order chi connectivity index (χ1) is 9.65. The number of unbranched alkanes of at least 4 members (excludes halogenated alkanes) is 3. The second kappa shape index (κ2) is 9.30. The predicted molar refractivity (Wildman–Crippen MR) is 87.1 cm³/mol. The molecule has 0 amide bonds. The third kappa shape index (κ3) is 5.76. The molecule has 0 unspecified atom stereocenters. The minimum atomic E-state index is -1.40. The highest BCUT2D eigenvalue weighted by molar-refractivity contribution is 6.73. The minimum Gasteiger partial charge on any atom is -0.420 e. The average Bonchev–Trinajstić information content (AvgIpc) is 2.47. The molecule has 1 aromatic rings. The van der Waals surface area contributed by atoms with Gasteiger partial charge in [-0.15, -0.1) is 0 Å². The van der Waals surface area contributed by atoms with Crippen molar-refractivity contribution in [2.75, 3.05) is 7.11 Å². The van der Waals surface area contributed by atoms with Gasteiger partial charge in [-0.2, -0.15) is 0 Å². The van der Waals surface area contributed by atoms with E-state index in [1.807, 2.05) is 13.2 Å². The Balaban J connectivity index is 2.16. The van der Waals surface area contributed by atoms with Crippen LogP contribution in [0.3, 0.4) is 0 Å². The predicted octanol–water partition coefficient (Wildman–Crippen LogP) is 5.56. The summed E-state index contributed by atoms with van der Waals surface area (Å²) in [6.07, 6.45) is 5.94. The van der Waals surface area contributed by atoms with Gasteiger partial charge in [-0.3, -0.25) is 0 Å². The van der Waals surface area contributed by atoms with E-state index in [9.17, 15) is 4.39 Å². The topological polar surface area (TPSA) is 9.23 Å². The fourth-order valence-corrected chi connectivity index (χ4v) is 5.70. The number of rotatable bonds is 10. The molecule has 0 aromatic heterocycles. The van der Waals surface area contributed by atoms with Crippen molar-refractivity contribution in [1.29, 1.82) is 0 Å². The van der Waals surface area contributed by atoms with Crippen LogP contribution in [-0.2, 0) is 10.8 Å². The van der Waals surface area contributed by atoms with Gasteiger partial charge in [0.05, 0.1) is 0 Å². The normalized spacial score (nSPS) is 11.8. The van der Waals surface area contributed by atoms with Gasteiger partial charge in [0.25, 0.3) is 0 Å². The highest BCUT2D eigenvalue weighted by Crippen LogP contribution is 2.24. The van der Waals surface area contributed by atoms with Crippen molar-refractivity contribution in [3.63, 3.8) is 0 Å². The maximum absolute atomic E-state index is 13.0. The zero-order valence-electron chi connectivity index (χ0n) is 13.3. The van der Waals surface area contributed by atoms with Crippen LogP contribution in [0.25, 0.3) is 0 Å². The summed E-state index contributed by atoms with van der Waals surface area (Å²) in [5.74, 6) is -0.121. The first-order valence-corrected chi connectivity index (χ1v) is 10.5. The molecule has 3 heteroatoms. The van der Waals surface area contributed by atoms with E-state index in [0.29, 0.717) is 0 Å². The van der Waals surface area contributed by atoms with Crippen LogP contribution in [0.1, 0.15) is 45.1 Å². The fourth-order valence-electron chi connectivity index (χ4n) is 2.82. The third-order valence-electron chi connectivity index (χ3n) is 4.46. The molecule has 1 rings (SSSR count). The number of hydrogen-bond donors (Lipinski definition) is 0. The second-order valence-electron chi connectivity index (χ2n) is 5.64. The SMILES string of the molecule is CC[Si](CC)(CCCCCCc1cccc(F)c1)OC. The molecule has 0 aliphatic rings. The molecular formula is C17H29FOSi. The second-order valence-corrected chi connectivity index (χ2v) is 10.3. The van der Waals surface area contributed by atoms with Gasteiger partial charge < -0.3 is 4.43 Å². The molecule has 0 aliphatic carbocycles. The molecule has 0 bridgehead atoms. The Morgan fingerprint density at radius 1 is 1.05 bits per heavy atom. The first kappa shape index (κ1) is 17.4. The lowest BCUT2D eigenvalue weighted by molar-refractivity contribution is 0.389. The monoisotopic (exact) mass is 296 g/mol. The summed E-state index contributed by atoms with van der Waals surface area (Å²) >= 11 is 0. The van der Waals surface area contributed by atoms with Gasteiger partial charge in [0, 0.05) is 7.11 Å². The molecule has 0 radical (unpaired) electrons. The van der Waals surface area contributed by atoms with E-state index in [1.54, 1.807) is 12.1 Å². The molecule has 0 atom stereocenters. The van der Waals surface area contributed by atoms with Crippen molar-refractivity contribution < 1.29 is 8.82 Å². The Kier molecular flexibility index (Phi) is 8.08. The lowest BCUT2D eigenvalue weighted by Crippen LogP contribution is -2.34. The average molecular weight is 297 g/mol. The van der Waals surface area contributed by atoms with E-state index in [4.69, 9.17) is 4.43 Å². The summed E-state index contributed by atoms with van der Waals surface area (Å²) in [7, 11) is 0.493. The summed E-state index contributed by atoms with van der Waals surface area (Å²) in [6.45, 7) is 4.53. The number of benzene rings is 1. The van der Waals surface area contributed by atoms with Crippen LogP contribution in [0.5, 0.6) is 0 Å². The summed E-state index contributed by atoms with van der Waals surface area (Å²) in [4.78, 5) is 0. The van der Waals surface area contributed by atoms with Gasteiger partial charge in [0.2, 0.25) is 0 Å². The van der Waals surface area contributed by atoms with Crippen LogP contribution < -0.4 is 0 Å². The van der Waals surface area contributed by atoms with Gasteiger partial charge in [-0.25, -0.2) is 4.39 Å². The molecule has 1 nitrogen and oxygen atoms in total. The van der Waals surface area contributed by atoms with E-state index in [2.05, 4.69) is 13.8 Å². The van der Waals surface area contributed by atoms with Crippen molar-refractivity contribution in [1.82, 2.24) is 0 Å². The minimum absolute atomic E-state index is 0.121. The maximum Gasteiger partial charge on any atom is 0.191 e. The van der Waals surface area contributed by atoms with Crippen molar-refractivity contribution in [3.05, 3.63) is 35.6 Å². The van der Waals surface area contributed by atoms with Crippen molar-refractivity contribution in [3.8, 4) is 0 Å². The van der Waals surface area contributed by atoms with Crippen LogP contribution >= 0.6 is 0 Å². The first-order valence-electron chi connectivity index (χ1n) is 7.95. The molecule has 0 fully saturated rings. The van der Waals surface area contributed by atoms with E-state index < -0.39 is 8.32 Å². The molecule has 114 valence electrons. The molecular weight excluding hydrogens is 267 g/mol. The quantitative estimate of drug-likeness (QED) is 0.406. The summed E-state index contributed by atoms with van der Waals surface area (Å²) in [6, 6.07) is 10.7. The Bertz CT molecular complexity index is 369. The summed E-state index contributed by atoms with van der Waals surface area (Å²) in [5.41, 5.74) is 1.12. The molecule has 0 saturated carbocycles. The largest absolute Gasteiger partial charge is 0.420 e. The Labute approximate surface area is 124 Å². The number of aryl methyl sites for hydroxylation is 1. The standard InChI is InChI=1S/C17H29FOSi/c1-4-20(5-2,19-3)14-9-7-6-8-11-16-12-10-13-17(18)15-16/h10,12-13,15H,4-9,11,14H2,1-3H3. The lowest BCUT2D eigenvalue weighted by atomic mass is 10.1. The molecule has 20 heavy (non-hydrogen) atoms. The van der Waals surface area contributed by atoms with E-state index >= 15 is 0 Å². The molecule has 0 spiro atoms. The fraction of sp³-hybridized carbons (Fsp3) is 0.647. The van der Waals surface area contributed by atoms with Gasteiger partial charge >= 0.3 is 0 Å². The van der Waals surface area contributed by atoms with E-state index in [1.165, 1.54) is 43.5 Å². The number of halogens is 1. The third-order valence-corrected chi connectivity index (χ3v) is 9.17. The Morgan fingerprint density at radius 3 is 2.35 bits per heavy atom. The zero-order chi connectivity index (χ0) is 14.8. The lowest BCUT2D eigenvalue weighted by Gasteiger charge is -2.27. The van der Waals surface area contributed by atoms with Crippen molar-refractivity contribution in [2.45, 2.75) is 64.1 Å². The molecule has 0 N–H and O–H groups in total. The van der Waals surface area contributed by atoms with Crippen LogP contribution in [-0.4, -0.2) is 15.4 Å². The van der Waals surface area contributed by atoms with E-state index in [-0.39, 0.29) is 5.82 Å². The Hall–Kier alpha value is -0.673. The van der Waals surface area contributed by atoms with Gasteiger partial charge in [-0.1, -0.05) is 45.2 Å². The van der Waals surface area contributed by atoms with Crippen molar-refractivity contribution in [2.24, 2.45) is 0 Å². The van der Waals surface area contributed by atoms with Crippen LogP contribution in [0.2, 0.25) is 18.1 Å². The van der Waals surface area contributed by atoms with Gasteiger partial charge in [0.1, 0.15) is 5.82 Å². The zero-order valence-corrected chi connectivity index (χ0v) is 14.3. The van der Waals surface area contributed by atoms with Crippen molar-refractivity contribution >= 4 is 8.32 Å². The van der Waals surface area contributed by atoms with Gasteiger partial charge in [-0.05, 0) is 48.7 Å². The Morgan fingerprint density at radius 2 is 1.75 bits per heavy atom. The van der Waals surface area contributed by atoms with Crippen LogP contribution in [0.4, 0.5) is 4.39 Å². The number of hydrogen-bond acceptors (Lipinski definition) is 1. The van der Waals surface area contributed by atoms with Crippen LogP contribution in [0, 0.1) is 5.82 Å². The molecule has 0 heterocycles. The summed E-state index contributed by atoms with van der Waals surface area (Å²) < 4.78 is 18.9. The van der Waals surface area contributed by atoms with Crippen LogP contribution in [0.15, 0.2) is 24.3 Å².